The Morgan fingerprint density at radius 1 is 1.46 bits per heavy atom. The van der Waals surface area contributed by atoms with E-state index in [1.807, 2.05) is 20.8 Å². The van der Waals surface area contributed by atoms with Gasteiger partial charge in [-0.2, -0.15) is 0 Å². The maximum absolute atomic E-state index is 11.8. The van der Waals surface area contributed by atoms with Crippen molar-refractivity contribution in [2.75, 3.05) is 6.54 Å². The normalized spacial score (nSPS) is 23.3. The molecule has 1 heterocycles. The van der Waals surface area contributed by atoms with Gasteiger partial charge < -0.3 is 9.69 Å². The predicted molar refractivity (Wildman–Crippen MR) is 50.3 cm³/mol. The molecule has 0 N–H and O–H groups in total. The number of rotatable bonds is 1. The van der Waals surface area contributed by atoms with Crippen LogP contribution in [0.2, 0.25) is 0 Å². The molecular formula is C10H17NO2. The van der Waals surface area contributed by atoms with Gasteiger partial charge in [-0.15, -0.1) is 0 Å². The van der Waals surface area contributed by atoms with Crippen LogP contribution < -0.4 is 0 Å². The molecule has 0 aromatic carbocycles. The van der Waals surface area contributed by atoms with Gasteiger partial charge in [0.25, 0.3) is 0 Å². The summed E-state index contributed by atoms with van der Waals surface area (Å²) in [6, 6.07) is -0.174. The lowest BCUT2D eigenvalue weighted by Crippen LogP contribution is -2.43. The van der Waals surface area contributed by atoms with Crippen LogP contribution in [0.25, 0.3) is 0 Å². The molecule has 1 atom stereocenters. The first-order valence-electron chi connectivity index (χ1n) is 4.73. The second kappa shape index (κ2) is 3.48. The van der Waals surface area contributed by atoms with Crippen LogP contribution in [-0.4, -0.2) is 29.7 Å². The summed E-state index contributed by atoms with van der Waals surface area (Å²) in [5.74, 6) is 0.0853. The van der Waals surface area contributed by atoms with Crippen molar-refractivity contribution >= 4 is 12.2 Å². The fourth-order valence-corrected chi connectivity index (χ4v) is 1.62. The van der Waals surface area contributed by atoms with Gasteiger partial charge >= 0.3 is 0 Å². The van der Waals surface area contributed by atoms with Crippen molar-refractivity contribution in [3.05, 3.63) is 0 Å². The van der Waals surface area contributed by atoms with Crippen LogP contribution in [0.3, 0.4) is 0 Å². The molecule has 1 amide bonds. The van der Waals surface area contributed by atoms with Gasteiger partial charge in [-0.1, -0.05) is 20.8 Å². The summed E-state index contributed by atoms with van der Waals surface area (Å²) in [7, 11) is 0. The van der Waals surface area contributed by atoms with E-state index in [2.05, 4.69) is 0 Å². The smallest absolute Gasteiger partial charge is 0.228 e. The molecule has 1 aliphatic heterocycles. The molecule has 0 radical (unpaired) electrons. The number of nitrogens with zero attached hydrogens (tertiary/aromatic N) is 1. The standard InChI is InChI=1S/C10H17NO2/c1-10(2,3)9(13)11-6-4-5-8(11)7-12/h7-8H,4-6H2,1-3H3. The minimum absolute atomic E-state index is 0.0853. The zero-order valence-electron chi connectivity index (χ0n) is 8.54. The van der Waals surface area contributed by atoms with Crippen LogP contribution in [-0.2, 0) is 9.59 Å². The first-order chi connectivity index (χ1) is 5.96. The zero-order chi connectivity index (χ0) is 10.1. The highest BCUT2D eigenvalue weighted by molar-refractivity contribution is 5.84. The summed E-state index contributed by atoms with van der Waals surface area (Å²) in [6.45, 7) is 6.39. The molecule has 0 aliphatic carbocycles. The first kappa shape index (κ1) is 10.2. The fourth-order valence-electron chi connectivity index (χ4n) is 1.62. The maximum Gasteiger partial charge on any atom is 0.228 e. The summed E-state index contributed by atoms with van der Waals surface area (Å²) in [4.78, 5) is 24.2. The lowest BCUT2D eigenvalue weighted by atomic mass is 9.94. The molecule has 0 saturated carbocycles. The predicted octanol–water partition coefficient (Wildman–Crippen LogP) is 1.22. The molecule has 1 saturated heterocycles. The fraction of sp³-hybridized carbons (Fsp3) is 0.800. The Bertz CT molecular complexity index is 217. The summed E-state index contributed by atoms with van der Waals surface area (Å²) >= 11 is 0. The molecule has 0 bridgehead atoms. The van der Waals surface area contributed by atoms with Gasteiger partial charge in [-0.3, -0.25) is 4.79 Å². The summed E-state index contributed by atoms with van der Waals surface area (Å²) in [5, 5.41) is 0. The van der Waals surface area contributed by atoms with Crippen molar-refractivity contribution in [3.8, 4) is 0 Å². The van der Waals surface area contributed by atoms with Gasteiger partial charge in [0.2, 0.25) is 5.91 Å². The summed E-state index contributed by atoms with van der Waals surface area (Å²) in [6.07, 6.45) is 2.66. The van der Waals surface area contributed by atoms with Crippen LogP contribution in [0.15, 0.2) is 0 Å². The average molecular weight is 183 g/mol. The van der Waals surface area contributed by atoms with Crippen LogP contribution in [0.5, 0.6) is 0 Å². The Balaban J connectivity index is 2.71. The Morgan fingerprint density at radius 3 is 2.54 bits per heavy atom. The van der Waals surface area contributed by atoms with Gasteiger partial charge in [0.15, 0.2) is 0 Å². The highest BCUT2D eigenvalue weighted by Crippen LogP contribution is 2.24. The number of likely N-dealkylation sites (tertiary alicyclic amines) is 1. The highest BCUT2D eigenvalue weighted by Gasteiger charge is 2.34. The van der Waals surface area contributed by atoms with Crippen molar-refractivity contribution in [3.63, 3.8) is 0 Å². The van der Waals surface area contributed by atoms with Crippen molar-refractivity contribution in [1.29, 1.82) is 0 Å². The number of carbonyl (C=O) groups is 2. The highest BCUT2D eigenvalue weighted by atomic mass is 16.2. The van der Waals surface area contributed by atoms with E-state index >= 15 is 0 Å². The topological polar surface area (TPSA) is 37.4 Å². The van der Waals surface area contributed by atoms with Gasteiger partial charge in [-0.05, 0) is 12.8 Å². The monoisotopic (exact) mass is 183 g/mol. The van der Waals surface area contributed by atoms with Gasteiger partial charge in [0, 0.05) is 12.0 Å². The number of hydrogen-bond acceptors (Lipinski definition) is 2. The van der Waals surface area contributed by atoms with Crippen LogP contribution in [0.1, 0.15) is 33.6 Å². The van der Waals surface area contributed by atoms with Crippen LogP contribution in [0, 0.1) is 5.41 Å². The second-order valence-corrected chi connectivity index (χ2v) is 4.59. The Morgan fingerprint density at radius 2 is 2.08 bits per heavy atom. The van der Waals surface area contributed by atoms with Crippen LogP contribution in [0.4, 0.5) is 0 Å². The van der Waals surface area contributed by atoms with E-state index in [-0.39, 0.29) is 17.4 Å². The first-order valence-corrected chi connectivity index (χ1v) is 4.73. The lowest BCUT2D eigenvalue weighted by molar-refractivity contribution is -0.142. The molecular weight excluding hydrogens is 166 g/mol. The van der Waals surface area contributed by atoms with E-state index in [9.17, 15) is 9.59 Å². The largest absolute Gasteiger partial charge is 0.333 e. The van der Waals surface area contributed by atoms with E-state index in [4.69, 9.17) is 0 Å². The van der Waals surface area contributed by atoms with E-state index in [0.717, 1.165) is 25.7 Å². The zero-order valence-corrected chi connectivity index (χ0v) is 8.54. The average Bonchev–Trinajstić information content (AvgIpc) is 2.48. The van der Waals surface area contributed by atoms with Gasteiger partial charge in [0.05, 0.1) is 6.04 Å². The van der Waals surface area contributed by atoms with Crippen molar-refractivity contribution in [1.82, 2.24) is 4.90 Å². The number of aldehydes is 1. The molecule has 0 aromatic heterocycles. The number of carbonyl (C=O) groups excluding carboxylic acids is 2. The Labute approximate surface area is 79.1 Å². The van der Waals surface area contributed by atoms with E-state index in [0.29, 0.717) is 0 Å². The third kappa shape index (κ3) is 2.08. The van der Waals surface area contributed by atoms with Crippen molar-refractivity contribution < 1.29 is 9.59 Å². The SMILES string of the molecule is CC(C)(C)C(=O)N1CCCC1C=O. The van der Waals surface area contributed by atoms with Crippen LogP contribution >= 0.6 is 0 Å². The third-order valence-electron chi connectivity index (χ3n) is 2.36. The quantitative estimate of drug-likeness (QED) is 0.573. The Kier molecular flexibility index (Phi) is 2.74. The molecule has 1 rings (SSSR count). The molecule has 1 unspecified atom stereocenters. The second-order valence-electron chi connectivity index (χ2n) is 4.59. The van der Waals surface area contributed by atoms with Gasteiger partial charge in [0.1, 0.15) is 6.29 Å². The summed E-state index contributed by atoms with van der Waals surface area (Å²) in [5.41, 5.74) is -0.369. The molecule has 1 aliphatic rings. The minimum Gasteiger partial charge on any atom is -0.333 e. The van der Waals surface area contributed by atoms with Crippen molar-refractivity contribution in [2.24, 2.45) is 5.41 Å². The molecule has 3 heteroatoms. The molecule has 13 heavy (non-hydrogen) atoms. The van der Waals surface area contributed by atoms with Crippen molar-refractivity contribution in [2.45, 2.75) is 39.7 Å². The molecule has 74 valence electrons. The minimum atomic E-state index is -0.369. The summed E-state index contributed by atoms with van der Waals surface area (Å²) < 4.78 is 0. The van der Waals surface area contributed by atoms with Gasteiger partial charge in [-0.25, -0.2) is 0 Å². The van der Waals surface area contributed by atoms with E-state index in [1.54, 1.807) is 4.90 Å². The Hall–Kier alpha value is -0.860. The maximum atomic E-state index is 11.8. The molecule has 0 spiro atoms. The van der Waals surface area contributed by atoms with E-state index in [1.165, 1.54) is 0 Å². The molecule has 3 nitrogen and oxygen atoms in total. The molecule has 1 fully saturated rings. The molecule has 0 aromatic rings. The van der Waals surface area contributed by atoms with E-state index < -0.39 is 0 Å². The number of hydrogen-bond donors (Lipinski definition) is 0. The lowest BCUT2D eigenvalue weighted by Gasteiger charge is -2.28. The number of amides is 1. The third-order valence-corrected chi connectivity index (χ3v) is 2.36.